The van der Waals surface area contributed by atoms with Crippen molar-refractivity contribution in [3.63, 3.8) is 0 Å². The van der Waals surface area contributed by atoms with Crippen molar-refractivity contribution in [1.82, 2.24) is 10.2 Å². The summed E-state index contributed by atoms with van der Waals surface area (Å²) >= 11 is 0. The van der Waals surface area contributed by atoms with Gasteiger partial charge in [0.2, 0.25) is 0 Å². The Bertz CT molecular complexity index is 324. The zero-order valence-corrected chi connectivity index (χ0v) is 12.6. The minimum absolute atomic E-state index is 0.767. The number of rotatable bonds is 10. The van der Waals surface area contributed by atoms with Gasteiger partial charge in [-0.25, -0.2) is 0 Å². The molecule has 0 aliphatic heterocycles. The SMILES string of the molecule is CCCCN(CC)CCOc1ccc(CNC)cc1. The lowest BCUT2D eigenvalue weighted by Gasteiger charge is -2.20. The molecule has 0 heterocycles. The van der Waals surface area contributed by atoms with Gasteiger partial charge >= 0.3 is 0 Å². The molecule has 108 valence electrons. The predicted octanol–water partition coefficient (Wildman–Crippen LogP) is 2.91. The first-order valence-electron chi connectivity index (χ1n) is 7.38. The monoisotopic (exact) mass is 264 g/mol. The first-order chi connectivity index (χ1) is 9.30. The lowest BCUT2D eigenvalue weighted by Crippen LogP contribution is -2.29. The number of nitrogens with one attached hydrogen (secondary N) is 1. The first kappa shape index (κ1) is 16.0. The Morgan fingerprint density at radius 3 is 2.42 bits per heavy atom. The summed E-state index contributed by atoms with van der Waals surface area (Å²) in [5.74, 6) is 0.964. The molecule has 0 radical (unpaired) electrons. The fourth-order valence-electron chi connectivity index (χ4n) is 2.01. The number of hydrogen-bond donors (Lipinski definition) is 1. The molecule has 0 aliphatic rings. The second-order valence-corrected chi connectivity index (χ2v) is 4.81. The summed E-state index contributed by atoms with van der Waals surface area (Å²) in [5.41, 5.74) is 1.29. The molecular weight excluding hydrogens is 236 g/mol. The molecule has 0 aliphatic carbocycles. The lowest BCUT2D eigenvalue weighted by atomic mass is 10.2. The molecule has 0 spiro atoms. The van der Waals surface area contributed by atoms with Crippen LogP contribution in [0.25, 0.3) is 0 Å². The highest BCUT2D eigenvalue weighted by molar-refractivity contribution is 5.27. The quantitative estimate of drug-likeness (QED) is 0.703. The Hall–Kier alpha value is -1.06. The Morgan fingerprint density at radius 1 is 1.11 bits per heavy atom. The smallest absolute Gasteiger partial charge is 0.119 e. The largest absolute Gasteiger partial charge is 0.492 e. The highest BCUT2D eigenvalue weighted by atomic mass is 16.5. The minimum Gasteiger partial charge on any atom is -0.492 e. The maximum atomic E-state index is 5.79. The van der Waals surface area contributed by atoms with Crippen molar-refractivity contribution < 1.29 is 4.74 Å². The summed E-state index contributed by atoms with van der Waals surface area (Å²) in [7, 11) is 1.96. The zero-order chi connectivity index (χ0) is 13.9. The molecule has 3 nitrogen and oxygen atoms in total. The van der Waals surface area contributed by atoms with Crippen molar-refractivity contribution in [3.8, 4) is 5.75 Å². The van der Waals surface area contributed by atoms with E-state index in [1.165, 1.54) is 24.9 Å². The van der Waals surface area contributed by atoms with Crippen LogP contribution in [-0.2, 0) is 6.54 Å². The van der Waals surface area contributed by atoms with Gasteiger partial charge in [0.25, 0.3) is 0 Å². The van der Waals surface area contributed by atoms with Crippen LogP contribution >= 0.6 is 0 Å². The van der Waals surface area contributed by atoms with Crippen LogP contribution in [0.2, 0.25) is 0 Å². The van der Waals surface area contributed by atoms with E-state index in [-0.39, 0.29) is 0 Å². The Kier molecular flexibility index (Phi) is 8.26. The van der Waals surface area contributed by atoms with Gasteiger partial charge in [-0.05, 0) is 44.3 Å². The standard InChI is InChI=1S/C16H28N2O/c1-4-6-11-18(5-2)12-13-19-16-9-7-15(8-10-16)14-17-3/h7-10,17H,4-6,11-14H2,1-3H3. The Balaban J connectivity index is 2.27. The second kappa shape index (κ2) is 9.82. The van der Waals surface area contributed by atoms with Gasteiger partial charge in [0, 0.05) is 13.1 Å². The highest BCUT2D eigenvalue weighted by Crippen LogP contribution is 2.12. The van der Waals surface area contributed by atoms with Crippen LogP contribution in [0.5, 0.6) is 5.75 Å². The van der Waals surface area contributed by atoms with Gasteiger partial charge in [0.1, 0.15) is 12.4 Å². The van der Waals surface area contributed by atoms with Crippen molar-refractivity contribution in [2.45, 2.75) is 33.2 Å². The molecule has 0 atom stereocenters. The van der Waals surface area contributed by atoms with Gasteiger partial charge in [-0.2, -0.15) is 0 Å². The maximum Gasteiger partial charge on any atom is 0.119 e. The normalized spacial score (nSPS) is 10.9. The van der Waals surface area contributed by atoms with Crippen molar-refractivity contribution in [2.75, 3.05) is 33.3 Å². The molecule has 1 rings (SSSR count). The average molecular weight is 264 g/mol. The third kappa shape index (κ3) is 6.60. The van der Waals surface area contributed by atoms with E-state index in [0.717, 1.165) is 32.0 Å². The second-order valence-electron chi connectivity index (χ2n) is 4.81. The van der Waals surface area contributed by atoms with Crippen molar-refractivity contribution in [3.05, 3.63) is 29.8 Å². The van der Waals surface area contributed by atoms with Crippen LogP contribution in [0.3, 0.4) is 0 Å². The molecule has 0 aromatic heterocycles. The molecule has 1 N–H and O–H groups in total. The molecule has 1 aromatic carbocycles. The summed E-state index contributed by atoms with van der Waals surface area (Å²) in [6.07, 6.45) is 2.52. The first-order valence-corrected chi connectivity index (χ1v) is 7.38. The fraction of sp³-hybridized carbons (Fsp3) is 0.625. The number of ether oxygens (including phenoxy) is 1. The number of likely N-dealkylation sites (N-methyl/N-ethyl adjacent to an activating group) is 1. The predicted molar refractivity (Wildman–Crippen MR) is 81.7 cm³/mol. The van der Waals surface area contributed by atoms with Crippen molar-refractivity contribution >= 4 is 0 Å². The van der Waals surface area contributed by atoms with E-state index < -0.39 is 0 Å². The van der Waals surface area contributed by atoms with E-state index >= 15 is 0 Å². The summed E-state index contributed by atoms with van der Waals surface area (Å²) in [6, 6.07) is 8.32. The minimum atomic E-state index is 0.767. The maximum absolute atomic E-state index is 5.79. The average Bonchev–Trinajstić information content (AvgIpc) is 2.44. The van der Waals surface area contributed by atoms with Crippen LogP contribution in [0.15, 0.2) is 24.3 Å². The fourth-order valence-corrected chi connectivity index (χ4v) is 2.01. The molecule has 0 bridgehead atoms. The van der Waals surface area contributed by atoms with Gasteiger partial charge in [0.05, 0.1) is 0 Å². The molecule has 1 aromatic rings. The molecule has 0 unspecified atom stereocenters. The number of benzene rings is 1. The van der Waals surface area contributed by atoms with E-state index in [1.807, 2.05) is 7.05 Å². The van der Waals surface area contributed by atoms with E-state index in [2.05, 4.69) is 48.3 Å². The summed E-state index contributed by atoms with van der Waals surface area (Å²) in [4.78, 5) is 2.44. The van der Waals surface area contributed by atoms with Gasteiger partial charge in [-0.15, -0.1) is 0 Å². The van der Waals surface area contributed by atoms with Gasteiger partial charge < -0.3 is 15.0 Å². The zero-order valence-electron chi connectivity index (χ0n) is 12.6. The van der Waals surface area contributed by atoms with Crippen LogP contribution in [0.4, 0.5) is 0 Å². The molecule has 0 saturated heterocycles. The summed E-state index contributed by atoms with van der Waals surface area (Å²) in [6.45, 7) is 9.40. The summed E-state index contributed by atoms with van der Waals surface area (Å²) < 4.78 is 5.79. The Morgan fingerprint density at radius 2 is 1.84 bits per heavy atom. The van der Waals surface area contributed by atoms with E-state index in [1.54, 1.807) is 0 Å². The van der Waals surface area contributed by atoms with Gasteiger partial charge in [-0.1, -0.05) is 32.4 Å². The van der Waals surface area contributed by atoms with Crippen LogP contribution in [-0.4, -0.2) is 38.2 Å². The highest BCUT2D eigenvalue weighted by Gasteiger charge is 2.02. The van der Waals surface area contributed by atoms with Crippen LogP contribution in [0, 0.1) is 0 Å². The third-order valence-corrected chi connectivity index (χ3v) is 3.26. The molecular formula is C16H28N2O. The van der Waals surface area contributed by atoms with Crippen LogP contribution in [0.1, 0.15) is 32.3 Å². The van der Waals surface area contributed by atoms with Gasteiger partial charge in [-0.3, -0.25) is 0 Å². The Labute approximate surface area is 118 Å². The third-order valence-electron chi connectivity index (χ3n) is 3.26. The van der Waals surface area contributed by atoms with E-state index in [9.17, 15) is 0 Å². The number of nitrogens with zero attached hydrogens (tertiary/aromatic N) is 1. The molecule has 3 heteroatoms. The molecule has 19 heavy (non-hydrogen) atoms. The van der Waals surface area contributed by atoms with Crippen molar-refractivity contribution in [2.24, 2.45) is 0 Å². The number of unbranched alkanes of at least 4 members (excludes halogenated alkanes) is 1. The van der Waals surface area contributed by atoms with Crippen LogP contribution < -0.4 is 10.1 Å². The molecule has 0 saturated carbocycles. The number of hydrogen-bond acceptors (Lipinski definition) is 3. The molecule has 0 amide bonds. The van der Waals surface area contributed by atoms with E-state index in [4.69, 9.17) is 4.74 Å². The van der Waals surface area contributed by atoms with Crippen molar-refractivity contribution in [1.29, 1.82) is 0 Å². The topological polar surface area (TPSA) is 24.5 Å². The summed E-state index contributed by atoms with van der Waals surface area (Å²) in [5, 5.41) is 3.14. The van der Waals surface area contributed by atoms with E-state index in [0.29, 0.717) is 0 Å². The van der Waals surface area contributed by atoms with Gasteiger partial charge in [0.15, 0.2) is 0 Å². The molecule has 0 fully saturated rings. The lowest BCUT2D eigenvalue weighted by molar-refractivity contribution is 0.213.